The van der Waals surface area contributed by atoms with Crippen molar-refractivity contribution in [1.82, 2.24) is 4.90 Å². The normalized spacial score (nSPS) is 19.2. The summed E-state index contributed by atoms with van der Waals surface area (Å²) in [6.45, 7) is 7.81. The molecule has 2 rings (SSSR count). The highest BCUT2D eigenvalue weighted by atomic mass is 16.6. The number of ether oxygens (including phenoxy) is 2. The molecule has 1 aromatic rings. The molecule has 1 aliphatic heterocycles. The fourth-order valence-corrected chi connectivity index (χ4v) is 2.42. The monoisotopic (exact) mass is 291 g/mol. The van der Waals surface area contributed by atoms with E-state index in [0.717, 1.165) is 25.1 Å². The van der Waals surface area contributed by atoms with Crippen LogP contribution >= 0.6 is 0 Å². The molecule has 1 aliphatic rings. The Morgan fingerprint density at radius 2 is 2.00 bits per heavy atom. The predicted molar refractivity (Wildman–Crippen MR) is 82.5 cm³/mol. The molecule has 1 saturated heterocycles. The molecule has 1 aromatic carbocycles. The summed E-state index contributed by atoms with van der Waals surface area (Å²) < 4.78 is 11.2. The van der Waals surface area contributed by atoms with Gasteiger partial charge in [0.05, 0.1) is 6.61 Å². The number of nitrogens with zero attached hydrogens (tertiary/aromatic N) is 1. The lowest BCUT2D eigenvalue weighted by Gasteiger charge is -2.34. The topological polar surface area (TPSA) is 38.8 Å². The minimum Gasteiger partial charge on any atom is -0.493 e. The second kappa shape index (κ2) is 6.83. The van der Waals surface area contributed by atoms with Crippen LogP contribution in [0.15, 0.2) is 30.3 Å². The molecular formula is C17H25NO3. The summed E-state index contributed by atoms with van der Waals surface area (Å²) in [5, 5.41) is 0. The quantitative estimate of drug-likeness (QED) is 0.852. The number of carbonyl (C=O) groups is 1. The zero-order valence-electron chi connectivity index (χ0n) is 13.2. The molecule has 0 spiro atoms. The lowest BCUT2D eigenvalue weighted by atomic mass is 9.99. The Balaban J connectivity index is 1.82. The first-order valence-electron chi connectivity index (χ1n) is 7.60. The van der Waals surface area contributed by atoms with Gasteiger partial charge in [-0.2, -0.15) is 0 Å². The van der Waals surface area contributed by atoms with Crippen molar-refractivity contribution in [3.63, 3.8) is 0 Å². The van der Waals surface area contributed by atoms with Crippen molar-refractivity contribution in [2.45, 2.75) is 39.2 Å². The van der Waals surface area contributed by atoms with Gasteiger partial charge in [-0.1, -0.05) is 18.2 Å². The average molecular weight is 291 g/mol. The van der Waals surface area contributed by atoms with Gasteiger partial charge in [-0.15, -0.1) is 0 Å². The van der Waals surface area contributed by atoms with Crippen LogP contribution in [0.1, 0.15) is 33.6 Å². The van der Waals surface area contributed by atoms with Crippen LogP contribution < -0.4 is 4.74 Å². The fraction of sp³-hybridized carbons (Fsp3) is 0.588. The molecule has 0 N–H and O–H groups in total. The molecular weight excluding hydrogens is 266 g/mol. The maximum atomic E-state index is 12.1. The first kappa shape index (κ1) is 15.7. The van der Waals surface area contributed by atoms with Crippen molar-refractivity contribution in [1.29, 1.82) is 0 Å². The molecule has 1 fully saturated rings. The first-order valence-corrected chi connectivity index (χ1v) is 7.60. The van der Waals surface area contributed by atoms with E-state index in [9.17, 15) is 4.79 Å². The Morgan fingerprint density at radius 3 is 2.67 bits per heavy atom. The number of hydrogen-bond donors (Lipinski definition) is 0. The van der Waals surface area contributed by atoms with Gasteiger partial charge < -0.3 is 14.4 Å². The van der Waals surface area contributed by atoms with Gasteiger partial charge in [0, 0.05) is 19.0 Å². The number of para-hydroxylation sites is 1. The van der Waals surface area contributed by atoms with Crippen LogP contribution in [-0.2, 0) is 4.74 Å². The third kappa shape index (κ3) is 5.29. The van der Waals surface area contributed by atoms with Gasteiger partial charge in [-0.3, -0.25) is 0 Å². The summed E-state index contributed by atoms with van der Waals surface area (Å²) in [6.07, 6.45) is 1.88. The van der Waals surface area contributed by atoms with Crippen LogP contribution in [0.3, 0.4) is 0 Å². The second-order valence-corrected chi connectivity index (χ2v) is 6.56. The molecule has 1 amide bonds. The van der Waals surface area contributed by atoms with Crippen LogP contribution in [0.5, 0.6) is 5.75 Å². The van der Waals surface area contributed by atoms with Crippen molar-refractivity contribution in [3.8, 4) is 5.75 Å². The molecule has 4 heteroatoms. The summed E-state index contributed by atoms with van der Waals surface area (Å²) >= 11 is 0. The van der Waals surface area contributed by atoms with E-state index in [2.05, 4.69) is 0 Å². The van der Waals surface area contributed by atoms with E-state index in [1.165, 1.54) is 0 Å². The smallest absolute Gasteiger partial charge is 0.410 e. The van der Waals surface area contributed by atoms with Gasteiger partial charge in [0.2, 0.25) is 0 Å². The average Bonchev–Trinajstić information content (AvgIpc) is 2.45. The number of piperidine rings is 1. The summed E-state index contributed by atoms with van der Waals surface area (Å²) in [7, 11) is 0. The zero-order chi connectivity index (χ0) is 15.3. The lowest BCUT2D eigenvalue weighted by Crippen LogP contribution is -2.44. The predicted octanol–water partition coefficient (Wildman–Crippen LogP) is 3.71. The molecule has 4 nitrogen and oxygen atoms in total. The summed E-state index contributed by atoms with van der Waals surface area (Å²) in [4.78, 5) is 13.9. The van der Waals surface area contributed by atoms with E-state index in [0.29, 0.717) is 19.1 Å². The molecule has 1 atom stereocenters. The standard InChI is InChI=1S/C17H25NO3/c1-17(2,3)21-16(19)18-11-7-8-14(12-18)13-20-15-9-5-4-6-10-15/h4-6,9-10,14H,7-8,11-13H2,1-3H3/t14-/m1/s1. The number of likely N-dealkylation sites (tertiary alicyclic amines) is 1. The SMILES string of the molecule is CC(C)(C)OC(=O)N1CCC[C@@H](COc2ccccc2)C1. The van der Waals surface area contributed by atoms with Gasteiger partial charge in [-0.25, -0.2) is 4.79 Å². The lowest BCUT2D eigenvalue weighted by molar-refractivity contribution is 0.0139. The number of carbonyl (C=O) groups excluding carboxylic acids is 1. The number of hydrogen-bond acceptors (Lipinski definition) is 3. The third-order valence-corrected chi connectivity index (χ3v) is 3.40. The second-order valence-electron chi connectivity index (χ2n) is 6.56. The van der Waals surface area contributed by atoms with Gasteiger partial charge in [0.15, 0.2) is 0 Å². The molecule has 0 unspecified atom stereocenters. The van der Waals surface area contributed by atoms with E-state index in [1.54, 1.807) is 4.90 Å². The fourth-order valence-electron chi connectivity index (χ4n) is 2.42. The molecule has 116 valence electrons. The van der Waals surface area contributed by atoms with E-state index >= 15 is 0 Å². The number of benzene rings is 1. The van der Waals surface area contributed by atoms with Gasteiger partial charge in [0.1, 0.15) is 11.4 Å². The highest BCUT2D eigenvalue weighted by molar-refractivity contribution is 5.68. The van der Waals surface area contributed by atoms with Crippen LogP contribution in [0, 0.1) is 5.92 Å². The summed E-state index contributed by atoms with van der Waals surface area (Å²) in [6, 6.07) is 9.80. The van der Waals surface area contributed by atoms with E-state index < -0.39 is 5.60 Å². The maximum absolute atomic E-state index is 12.1. The van der Waals surface area contributed by atoms with Crippen LogP contribution in [-0.4, -0.2) is 36.3 Å². The van der Waals surface area contributed by atoms with Gasteiger partial charge >= 0.3 is 6.09 Å². The highest BCUT2D eigenvalue weighted by Crippen LogP contribution is 2.20. The van der Waals surface area contributed by atoms with Crippen molar-refractivity contribution >= 4 is 6.09 Å². The molecule has 21 heavy (non-hydrogen) atoms. The zero-order valence-corrected chi connectivity index (χ0v) is 13.2. The minimum absolute atomic E-state index is 0.216. The van der Waals surface area contributed by atoms with E-state index in [4.69, 9.17) is 9.47 Å². The third-order valence-electron chi connectivity index (χ3n) is 3.40. The first-order chi connectivity index (χ1) is 9.94. The molecule has 0 aliphatic carbocycles. The van der Waals surface area contributed by atoms with E-state index in [-0.39, 0.29) is 6.09 Å². The van der Waals surface area contributed by atoms with Crippen LogP contribution in [0.25, 0.3) is 0 Å². The molecule has 0 radical (unpaired) electrons. The summed E-state index contributed by atoms with van der Waals surface area (Å²) in [5.74, 6) is 1.25. The van der Waals surface area contributed by atoms with Crippen molar-refractivity contribution in [2.24, 2.45) is 5.92 Å². The highest BCUT2D eigenvalue weighted by Gasteiger charge is 2.27. The summed E-state index contributed by atoms with van der Waals surface area (Å²) in [5.41, 5.74) is -0.440. The Kier molecular flexibility index (Phi) is 5.10. The molecule has 0 saturated carbocycles. The molecule has 0 aromatic heterocycles. The Hall–Kier alpha value is -1.71. The van der Waals surface area contributed by atoms with Crippen molar-refractivity contribution < 1.29 is 14.3 Å². The Bertz CT molecular complexity index is 453. The molecule has 1 heterocycles. The van der Waals surface area contributed by atoms with Crippen LogP contribution in [0.4, 0.5) is 4.79 Å². The Morgan fingerprint density at radius 1 is 1.29 bits per heavy atom. The molecule has 0 bridgehead atoms. The maximum Gasteiger partial charge on any atom is 0.410 e. The van der Waals surface area contributed by atoms with Crippen molar-refractivity contribution in [2.75, 3.05) is 19.7 Å². The van der Waals surface area contributed by atoms with Gasteiger partial charge in [-0.05, 0) is 45.7 Å². The minimum atomic E-state index is -0.440. The Labute approximate surface area is 127 Å². The van der Waals surface area contributed by atoms with E-state index in [1.807, 2.05) is 51.1 Å². The van der Waals surface area contributed by atoms with Crippen molar-refractivity contribution in [3.05, 3.63) is 30.3 Å². The van der Waals surface area contributed by atoms with Gasteiger partial charge in [0.25, 0.3) is 0 Å². The van der Waals surface area contributed by atoms with Crippen LogP contribution in [0.2, 0.25) is 0 Å². The largest absolute Gasteiger partial charge is 0.493 e. The number of amides is 1. The number of rotatable bonds is 3.